The number of rotatable bonds is 3. The molecule has 1 aliphatic heterocycles. The highest BCUT2D eigenvalue weighted by Gasteiger charge is 2.53. The van der Waals surface area contributed by atoms with Crippen LogP contribution in [0.4, 0.5) is 9.18 Å². The third-order valence-electron chi connectivity index (χ3n) is 6.34. The van der Waals surface area contributed by atoms with Gasteiger partial charge in [0.25, 0.3) is 11.8 Å². The first-order chi connectivity index (χ1) is 15.3. The van der Waals surface area contributed by atoms with Gasteiger partial charge in [0.15, 0.2) is 0 Å². The molecule has 2 aromatic heterocycles. The molecule has 5 rings (SSSR count). The Bertz CT molecular complexity index is 1240. The SMILES string of the molecule is Cc1nn(-c2ccc(F)cc2)c2sc(C(=O)NN3C(=O)NC4(CCC(C)CC4)C3=O)cc12. The van der Waals surface area contributed by atoms with Gasteiger partial charge in [-0.05, 0) is 68.9 Å². The molecule has 2 fully saturated rings. The second-order valence-electron chi connectivity index (χ2n) is 8.58. The van der Waals surface area contributed by atoms with Crippen molar-refractivity contribution in [2.75, 3.05) is 0 Å². The second-order valence-corrected chi connectivity index (χ2v) is 9.61. The lowest BCUT2D eigenvalue weighted by atomic mass is 9.77. The lowest BCUT2D eigenvalue weighted by molar-refractivity contribution is -0.134. The predicted octanol–water partition coefficient (Wildman–Crippen LogP) is 3.68. The van der Waals surface area contributed by atoms with Crippen LogP contribution in [0.15, 0.2) is 30.3 Å². The fourth-order valence-corrected chi connectivity index (χ4v) is 5.46. The van der Waals surface area contributed by atoms with E-state index < -0.39 is 23.4 Å². The van der Waals surface area contributed by atoms with E-state index in [2.05, 4.69) is 22.8 Å². The highest BCUT2D eigenvalue weighted by atomic mass is 32.1. The standard InChI is InChI=1S/C22H22FN5O3S/c1-12-7-9-22(10-8-12)20(30)28(21(31)24-22)26-18(29)17-11-16-13(2)25-27(19(16)32-17)15-5-3-14(23)4-6-15/h3-6,11-12H,7-10H2,1-2H3,(H,24,31)(H,26,29). The fraction of sp³-hybridized carbons (Fsp3) is 0.364. The van der Waals surface area contributed by atoms with Crippen LogP contribution in [-0.2, 0) is 4.79 Å². The van der Waals surface area contributed by atoms with E-state index >= 15 is 0 Å². The zero-order valence-electron chi connectivity index (χ0n) is 17.6. The Morgan fingerprint density at radius 2 is 1.94 bits per heavy atom. The molecule has 4 amide bonds. The average Bonchev–Trinajstić information content (AvgIpc) is 3.40. The molecule has 1 saturated heterocycles. The molecule has 3 aromatic rings. The molecular formula is C22H22FN5O3S. The van der Waals surface area contributed by atoms with Crippen LogP contribution in [0.25, 0.3) is 15.9 Å². The molecule has 1 aromatic carbocycles. The number of benzene rings is 1. The van der Waals surface area contributed by atoms with E-state index in [9.17, 15) is 18.8 Å². The third-order valence-corrected chi connectivity index (χ3v) is 7.45. The third kappa shape index (κ3) is 3.26. The van der Waals surface area contributed by atoms with Crippen LogP contribution in [0, 0.1) is 18.7 Å². The van der Waals surface area contributed by atoms with Crippen LogP contribution in [0.3, 0.4) is 0 Å². The number of thiophene rings is 1. The number of hydrogen-bond donors (Lipinski definition) is 2. The van der Waals surface area contributed by atoms with Gasteiger partial charge in [0.05, 0.1) is 16.3 Å². The monoisotopic (exact) mass is 455 g/mol. The Kier molecular flexibility index (Phi) is 4.77. The number of aryl methyl sites for hydroxylation is 1. The highest BCUT2D eigenvalue weighted by Crippen LogP contribution is 2.36. The number of hydrazine groups is 1. The summed E-state index contributed by atoms with van der Waals surface area (Å²) in [6, 6.07) is 7.00. The molecule has 166 valence electrons. The quantitative estimate of drug-likeness (QED) is 0.589. The van der Waals surface area contributed by atoms with Gasteiger partial charge >= 0.3 is 6.03 Å². The van der Waals surface area contributed by atoms with Crippen LogP contribution < -0.4 is 10.7 Å². The van der Waals surface area contributed by atoms with Gasteiger partial charge in [0, 0.05) is 5.39 Å². The maximum atomic E-state index is 13.3. The Balaban J connectivity index is 1.40. The van der Waals surface area contributed by atoms with Crippen molar-refractivity contribution in [3.05, 3.63) is 46.7 Å². The van der Waals surface area contributed by atoms with Gasteiger partial charge < -0.3 is 5.32 Å². The van der Waals surface area contributed by atoms with Crippen molar-refractivity contribution in [3.8, 4) is 5.69 Å². The smallest absolute Gasteiger partial charge is 0.322 e. The summed E-state index contributed by atoms with van der Waals surface area (Å²) >= 11 is 1.19. The molecule has 3 heterocycles. The van der Waals surface area contributed by atoms with Crippen molar-refractivity contribution in [3.63, 3.8) is 0 Å². The minimum absolute atomic E-state index is 0.343. The van der Waals surface area contributed by atoms with Crippen molar-refractivity contribution in [2.45, 2.75) is 45.1 Å². The number of hydrogen-bond acceptors (Lipinski definition) is 5. The number of amides is 4. The van der Waals surface area contributed by atoms with E-state index in [0.29, 0.717) is 39.8 Å². The maximum absolute atomic E-state index is 13.3. The number of imide groups is 1. The zero-order valence-corrected chi connectivity index (χ0v) is 18.5. The second kappa shape index (κ2) is 7.40. The topological polar surface area (TPSA) is 96.3 Å². The summed E-state index contributed by atoms with van der Waals surface area (Å²) in [7, 11) is 0. The summed E-state index contributed by atoms with van der Waals surface area (Å²) in [4.78, 5) is 39.5. The highest BCUT2D eigenvalue weighted by molar-refractivity contribution is 7.20. The summed E-state index contributed by atoms with van der Waals surface area (Å²) < 4.78 is 14.9. The number of urea groups is 1. The molecule has 1 aliphatic carbocycles. The van der Waals surface area contributed by atoms with Gasteiger partial charge in [-0.1, -0.05) is 6.92 Å². The van der Waals surface area contributed by atoms with Crippen LogP contribution in [0.2, 0.25) is 0 Å². The number of carbonyl (C=O) groups excluding carboxylic acids is 3. The first kappa shape index (κ1) is 20.6. The number of carbonyl (C=O) groups is 3. The van der Waals surface area contributed by atoms with Crippen LogP contribution >= 0.6 is 11.3 Å². The van der Waals surface area contributed by atoms with E-state index in [-0.39, 0.29) is 5.82 Å². The Hall–Kier alpha value is -3.27. The van der Waals surface area contributed by atoms with Crippen molar-refractivity contribution < 1.29 is 18.8 Å². The van der Waals surface area contributed by atoms with E-state index in [1.54, 1.807) is 22.9 Å². The van der Waals surface area contributed by atoms with Gasteiger partial charge in [-0.3, -0.25) is 15.0 Å². The molecule has 1 spiro atoms. The molecular weight excluding hydrogens is 433 g/mol. The Morgan fingerprint density at radius 1 is 1.25 bits per heavy atom. The summed E-state index contributed by atoms with van der Waals surface area (Å²) in [5.41, 5.74) is 2.94. The zero-order chi connectivity index (χ0) is 22.6. The number of nitrogens with one attached hydrogen (secondary N) is 2. The summed E-state index contributed by atoms with van der Waals surface area (Å²) in [6.07, 6.45) is 2.84. The van der Waals surface area contributed by atoms with Crippen molar-refractivity contribution in [2.24, 2.45) is 5.92 Å². The normalized spacial score (nSPS) is 23.2. The van der Waals surface area contributed by atoms with Gasteiger partial charge in [-0.15, -0.1) is 11.3 Å². The van der Waals surface area contributed by atoms with Crippen LogP contribution in [-0.4, -0.2) is 38.2 Å². The van der Waals surface area contributed by atoms with E-state index in [1.165, 1.54) is 23.5 Å². The minimum atomic E-state index is -0.920. The van der Waals surface area contributed by atoms with E-state index in [0.717, 1.165) is 23.2 Å². The number of fused-ring (bicyclic) bond motifs is 1. The molecule has 8 nitrogen and oxygen atoms in total. The van der Waals surface area contributed by atoms with Gasteiger partial charge in [0.1, 0.15) is 16.2 Å². The molecule has 2 N–H and O–H groups in total. The Morgan fingerprint density at radius 3 is 2.62 bits per heavy atom. The molecule has 0 unspecified atom stereocenters. The van der Waals surface area contributed by atoms with Gasteiger partial charge in [0.2, 0.25) is 0 Å². The molecule has 0 atom stereocenters. The minimum Gasteiger partial charge on any atom is -0.322 e. The lowest BCUT2D eigenvalue weighted by Gasteiger charge is -2.33. The van der Waals surface area contributed by atoms with Crippen molar-refractivity contribution in [1.82, 2.24) is 25.5 Å². The average molecular weight is 456 g/mol. The van der Waals surface area contributed by atoms with Crippen LogP contribution in [0.1, 0.15) is 48.0 Å². The molecule has 0 bridgehead atoms. The summed E-state index contributed by atoms with van der Waals surface area (Å²) in [5, 5.41) is 8.86. The Labute approximate surface area is 187 Å². The molecule has 2 aliphatic rings. The van der Waals surface area contributed by atoms with E-state index in [4.69, 9.17) is 0 Å². The van der Waals surface area contributed by atoms with Gasteiger partial charge in [-0.25, -0.2) is 13.9 Å². The number of aromatic nitrogens is 2. The number of halogens is 1. The molecule has 0 radical (unpaired) electrons. The molecule has 32 heavy (non-hydrogen) atoms. The largest absolute Gasteiger partial charge is 0.344 e. The fourth-order valence-electron chi connectivity index (χ4n) is 4.39. The van der Waals surface area contributed by atoms with Crippen molar-refractivity contribution in [1.29, 1.82) is 0 Å². The first-order valence-electron chi connectivity index (χ1n) is 10.5. The predicted molar refractivity (Wildman–Crippen MR) is 117 cm³/mol. The number of nitrogens with zero attached hydrogens (tertiary/aromatic N) is 3. The summed E-state index contributed by atoms with van der Waals surface area (Å²) in [6.45, 7) is 3.95. The van der Waals surface area contributed by atoms with E-state index in [1.807, 2.05) is 6.92 Å². The summed E-state index contributed by atoms with van der Waals surface area (Å²) in [5.74, 6) is -0.784. The van der Waals surface area contributed by atoms with Crippen molar-refractivity contribution >= 4 is 39.4 Å². The lowest BCUT2D eigenvalue weighted by Crippen LogP contribution is -2.51. The maximum Gasteiger partial charge on any atom is 0.344 e. The molecule has 10 heteroatoms. The van der Waals surface area contributed by atoms with Gasteiger partial charge in [-0.2, -0.15) is 10.1 Å². The molecule has 1 saturated carbocycles. The van der Waals surface area contributed by atoms with Crippen LogP contribution in [0.5, 0.6) is 0 Å². The first-order valence-corrected chi connectivity index (χ1v) is 11.3.